The summed E-state index contributed by atoms with van der Waals surface area (Å²) in [5.74, 6) is 2.49. The van der Waals surface area contributed by atoms with Gasteiger partial charge >= 0.3 is 0 Å². The fraction of sp³-hybridized carbons (Fsp3) is 1.00. The van der Waals surface area contributed by atoms with Crippen molar-refractivity contribution in [2.75, 3.05) is 11.6 Å². The molecule has 1 unspecified atom stereocenters. The molecule has 0 aromatic heterocycles. The first-order valence-corrected chi connectivity index (χ1v) is 7.23. The van der Waals surface area contributed by atoms with Crippen LogP contribution >= 0.6 is 11.8 Å². The van der Waals surface area contributed by atoms with Crippen molar-refractivity contribution in [1.82, 2.24) is 4.90 Å². The maximum Gasteiger partial charge on any atom is 0.0453 e. The van der Waals surface area contributed by atoms with Crippen LogP contribution in [-0.4, -0.2) is 28.1 Å². The second-order valence-electron chi connectivity index (χ2n) is 6.02. The summed E-state index contributed by atoms with van der Waals surface area (Å²) in [7, 11) is 0. The lowest BCUT2D eigenvalue weighted by atomic mass is 9.85. The van der Waals surface area contributed by atoms with Gasteiger partial charge in [0, 0.05) is 23.2 Å². The van der Waals surface area contributed by atoms with E-state index >= 15 is 0 Å². The molecule has 1 rings (SSSR count). The normalized spacial score (nSPS) is 23.6. The van der Waals surface area contributed by atoms with Crippen LogP contribution in [0.3, 0.4) is 0 Å². The smallest absolute Gasteiger partial charge is 0.0453 e. The lowest BCUT2D eigenvalue weighted by Gasteiger charge is -2.42. The molecule has 0 aromatic rings. The minimum atomic E-state index is 0.321. The Kier molecular flexibility index (Phi) is 5.70. The highest BCUT2D eigenvalue weighted by molar-refractivity contribution is 7.99. The topological polar surface area (TPSA) is 3.24 Å². The molecule has 1 atom stereocenters. The first kappa shape index (κ1) is 15.3. The number of hydrogen-bond donors (Lipinski definition) is 0. The summed E-state index contributed by atoms with van der Waals surface area (Å²) in [4.78, 5) is 2.64. The Morgan fingerprint density at radius 3 is 1.73 bits per heavy atom. The van der Waals surface area contributed by atoms with Crippen molar-refractivity contribution in [3.63, 3.8) is 0 Å². The van der Waals surface area contributed by atoms with Crippen LogP contribution in [0.2, 0.25) is 0 Å². The van der Waals surface area contributed by atoms with Gasteiger partial charge in [-0.25, -0.2) is 0 Å². The van der Waals surface area contributed by atoms with Gasteiger partial charge in [-0.2, -0.15) is 0 Å². The van der Waals surface area contributed by atoms with Gasteiger partial charge in [-0.1, -0.05) is 34.6 Å². The molecule has 0 aromatic carbocycles. The van der Waals surface area contributed by atoms with Gasteiger partial charge in [-0.15, -0.1) is 11.8 Å². The van der Waals surface area contributed by atoms with Crippen molar-refractivity contribution >= 4 is 11.8 Å². The van der Waals surface area contributed by atoms with Gasteiger partial charge in [0.2, 0.25) is 0 Å². The second-order valence-corrected chi connectivity index (χ2v) is 7.02. The van der Waals surface area contributed by atoms with Crippen molar-refractivity contribution in [1.29, 1.82) is 0 Å². The Bertz CT molecular complexity index is 156. The fourth-order valence-electron chi connectivity index (χ4n) is 1.82. The number of thioether (sulfide) groups is 1. The SMILES string of the molecule is CC.CC(C)(C)C1CSCN1C(C)(C)C. The first-order chi connectivity index (χ1) is 6.73. The number of rotatable bonds is 0. The van der Waals surface area contributed by atoms with Crippen LogP contribution in [0.25, 0.3) is 0 Å². The van der Waals surface area contributed by atoms with E-state index in [0.717, 1.165) is 6.04 Å². The molecule has 0 bridgehead atoms. The van der Waals surface area contributed by atoms with E-state index in [1.54, 1.807) is 0 Å². The van der Waals surface area contributed by atoms with Crippen molar-refractivity contribution in [3.05, 3.63) is 0 Å². The van der Waals surface area contributed by atoms with Crippen molar-refractivity contribution in [2.45, 2.75) is 67.0 Å². The largest absolute Gasteiger partial charge is 0.285 e. The maximum absolute atomic E-state index is 2.64. The van der Waals surface area contributed by atoms with Crippen LogP contribution in [0.5, 0.6) is 0 Å². The van der Waals surface area contributed by atoms with E-state index in [9.17, 15) is 0 Å². The minimum Gasteiger partial charge on any atom is -0.285 e. The van der Waals surface area contributed by atoms with E-state index in [-0.39, 0.29) is 0 Å². The summed E-state index contributed by atoms with van der Waals surface area (Å²) in [6.07, 6.45) is 0. The number of hydrogen-bond acceptors (Lipinski definition) is 2. The third kappa shape index (κ3) is 4.36. The monoisotopic (exact) mass is 231 g/mol. The molecule has 1 heterocycles. The van der Waals surface area contributed by atoms with Crippen LogP contribution in [0, 0.1) is 5.41 Å². The van der Waals surface area contributed by atoms with Gasteiger partial charge in [-0.05, 0) is 26.2 Å². The van der Waals surface area contributed by atoms with E-state index in [2.05, 4.69) is 58.2 Å². The molecule has 0 saturated carbocycles. The quantitative estimate of drug-likeness (QED) is 0.614. The lowest BCUT2D eigenvalue weighted by molar-refractivity contribution is 0.0652. The Hall–Kier alpha value is 0.310. The number of nitrogens with zero attached hydrogens (tertiary/aromatic N) is 1. The third-order valence-corrected chi connectivity index (χ3v) is 3.76. The molecule has 0 radical (unpaired) electrons. The van der Waals surface area contributed by atoms with Gasteiger partial charge in [-0.3, -0.25) is 4.90 Å². The Morgan fingerprint density at radius 2 is 1.47 bits per heavy atom. The maximum atomic E-state index is 2.64. The molecule has 0 N–H and O–H groups in total. The average Bonchev–Trinajstić information content (AvgIpc) is 2.53. The zero-order valence-corrected chi connectivity index (χ0v) is 12.7. The molecule has 1 aliphatic heterocycles. The highest BCUT2D eigenvalue weighted by Crippen LogP contribution is 2.37. The van der Waals surface area contributed by atoms with E-state index in [1.807, 2.05) is 13.8 Å². The second kappa shape index (κ2) is 5.58. The van der Waals surface area contributed by atoms with E-state index in [0.29, 0.717) is 11.0 Å². The van der Waals surface area contributed by atoms with E-state index in [4.69, 9.17) is 0 Å². The predicted molar refractivity (Wildman–Crippen MR) is 73.5 cm³/mol. The van der Waals surface area contributed by atoms with Crippen molar-refractivity contribution < 1.29 is 0 Å². The third-order valence-electron chi connectivity index (χ3n) is 2.74. The van der Waals surface area contributed by atoms with Gasteiger partial charge in [0.15, 0.2) is 0 Å². The molecule has 0 aliphatic carbocycles. The molecule has 1 fully saturated rings. The molecular formula is C13H29NS. The first-order valence-electron chi connectivity index (χ1n) is 6.07. The highest BCUT2D eigenvalue weighted by atomic mass is 32.2. The summed E-state index contributed by atoms with van der Waals surface area (Å²) in [6, 6.07) is 0.734. The standard InChI is InChI=1S/C11H23NS.C2H6/c1-10(2,3)9-7-13-8-12(9)11(4,5)6;1-2/h9H,7-8H2,1-6H3;1-2H3. The molecule has 2 heteroatoms. The molecule has 0 amide bonds. The van der Waals surface area contributed by atoms with Crippen LogP contribution in [0.4, 0.5) is 0 Å². The summed E-state index contributed by atoms with van der Waals surface area (Å²) < 4.78 is 0. The Balaban J connectivity index is 0.000000921. The van der Waals surface area contributed by atoms with Crippen LogP contribution in [-0.2, 0) is 0 Å². The minimum absolute atomic E-state index is 0.321. The van der Waals surface area contributed by atoms with Crippen LogP contribution < -0.4 is 0 Å². The van der Waals surface area contributed by atoms with Gasteiger partial charge < -0.3 is 0 Å². The summed E-state index contributed by atoms with van der Waals surface area (Å²) in [5.41, 5.74) is 0.734. The molecule has 1 nitrogen and oxygen atoms in total. The van der Waals surface area contributed by atoms with Crippen LogP contribution in [0.15, 0.2) is 0 Å². The predicted octanol–water partition coefficient (Wildman–Crippen LogP) is 4.23. The molecular weight excluding hydrogens is 202 g/mol. The van der Waals surface area contributed by atoms with Crippen LogP contribution in [0.1, 0.15) is 55.4 Å². The van der Waals surface area contributed by atoms with E-state index < -0.39 is 0 Å². The summed E-state index contributed by atoms with van der Waals surface area (Å²) in [6.45, 7) is 18.0. The fourth-order valence-corrected chi connectivity index (χ4v) is 3.59. The molecule has 92 valence electrons. The molecule has 15 heavy (non-hydrogen) atoms. The van der Waals surface area contributed by atoms with E-state index in [1.165, 1.54) is 11.6 Å². The van der Waals surface area contributed by atoms with Crippen molar-refractivity contribution in [3.8, 4) is 0 Å². The van der Waals surface area contributed by atoms with Gasteiger partial charge in [0.05, 0.1) is 0 Å². The molecule has 1 aliphatic rings. The average molecular weight is 231 g/mol. The summed E-state index contributed by atoms with van der Waals surface area (Å²) in [5, 5.41) is 0. The summed E-state index contributed by atoms with van der Waals surface area (Å²) >= 11 is 2.07. The zero-order valence-electron chi connectivity index (χ0n) is 11.8. The van der Waals surface area contributed by atoms with Gasteiger partial charge in [0.1, 0.15) is 0 Å². The van der Waals surface area contributed by atoms with Gasteiger partial charge in [0.25, 0.3) is 0 Å². The zero-order chi connectivity index (χ0) is 12.3. The molecule has 0 spiro atoms. The highest BCUT2D eigenvalue weighted by Gasteiger charge is 2.39. The Labute approximate surface area is 101 Å². The van der Waals surface area contributed by atoms with Crippen molar-refractivity contribution in [2.24, 2.45) is 5.41 Å². The Morgan fingerprint density at radius 1 is 1.00 bits per heavy atom. The molecule has 1 saturated heterocycles. The lowest BCUT2D eigenvalue weighted by Crippen LogP contribution is -2.50.